The molecule has 0 aliphatic carbocycles. The average Bonchev–Trinajstić information content (AvgIpc) is 2.38. The Morgan fingerprint density at radius 3 is 2.46 bits per heavy atom. The summed E-state index contributed by atoms with van der Waals surface area (Å²) in [4.78, 5) is 2.93. The minimum atomic E-state index is 0.431. The minimum Gasteiger partial charge on any atom is -0.343 e. The number of aromatic nitrogens is 1. The largest absolute Gasteiger partial charge is 0.343 e. The van der Waals surface area contributed by atoms with Crippen LogP contribution in [-0.4, -0.2) is 4.98 Å². The smallest absolute Gasteiger partial charge is 0.126 e. The second-order valence-corrected chi connectivity index (χ2v) is 4.83. The molecule has 0 bridgehead atoms. The van der Waals surface area contributed by atoms with Crippen molar-refractivity contribution in [2.24, 2.45) is 0 Å². The zero-order valence-corrected chi connectivity index (χ0v) is 10.6. The van der Waals surface area contributed by atoms with E-state index in [-0.39, 0.29) is 0 Å². The molecule has 0 saturated heterocycles. The molecule has 0 unspecified atom stereocenters. The Kier molecular flexibility index (Phi) is 2.66. The Hall–Kier alpha value is 0.360. The normalized spacial score (nSPS) is 11.1. The molecule has 0 aliphatic heterocycles. The van der Waals surface area contributed by atoms with Gasteiger partial charge in [-0.3, -0.25) is 0 Å². The van der Waals surface area contributed by atoms with E-state index in [0.717, 1.165) is 14.5 Å². The Bertz CT molecular complexity index is 478. The first-order valence-electron chi connectivity index (χ1n) is 3.42. The third kappa shape index (κ3) is 1.54. The summed E-state index contributed by atoms with van der Waals surface area (Å²) < 4.78 is 0.973. The van der Waals surface area contributed by atoms with Crippen molar-refractivity contribution in [3.63, 3.8) is 0 Å². The first-order valence-corrected chi connectivity index (χ1v) is 5.63. The lowest BCUT2D eigenvalue weighted by Crippen LogP contribution is -1.75. The Balaban J connectivity index is 2.94. The van der Waals surface area contributed by atoms with Crippen LogP contribution in [-0.2, 0) is 0 Å². The molecule has 0 aliphatic rings. The summed E-state index contributed by atoms with van der Waals surface area (Å²) in [5.74, 6) is 0. The number of rotatable bonds is 0. The summed E-state index contributed by atoms with van der Waals surface area (Å²) in [7, 11) is 0. The van der Waals surface area contributed by atoms with E-state index in [2.05, 4.69) is 27.6 Å². The van der Waals surface area contributed by atoms with Crippen LogP contribution in [0.3, 0.4) is 0 Å². The quantitative estimate of drug-likeness (QED) is 0.664. The molecule has 0 atom stereocenters. The molecule has 1 nitrogen and oxygen atoms in total. The lowest BCUT2D eigenvalue weighted by atomic mass is 10.2. The van der Waals surface area contributed by atoms with Gasteiger partial charge >= 0.3 is 0 Å². The number of halogens is 4. The van der Waals surface area contributed by atoms with Crippen molar-refractivity contribution < 1.29 is 0 Å². The maximum absolute atomic E-state index is 6.06. The third-order valence-electron chi connectivity index (χ3n) is 1.76. The van der Waals surface area contributed by atoms with Gasteiger partial charge in [-0.05, 0) is 28.7 Å². The van der Waals surface area contributed by atoms with E-state index in [1.807, 2.05) is 12.1 Å². The lowest BCUT2D eigenvalue weighted by molar-refractivity contribution is 1.47. The molecule has 2 aromatic rings. The van der Waals surface area contributed by atoms with Crippen molar-refractivity contribution in [3.05, 3.63) is 30.9 Å². The maximum Gasteiger partial charge on any atom is 0.126 e. The summed E-state index contributed by atoms with van der Waals surface area (Å²) in [6.45, 7) is 0. The molecule has 1 aromatic heterocycles. The Morgan fingerprint density at radius 1 is 1.08 bits per heavy atom. The third-order valence-corrected chi connectivity index (χ3v) is 4.14. The fourth-order valence-corrected chi connectivity index (χ4v) is 2.20. The second-order valence-electron chi connectivity index (χ2n) is 2.54. The predicted molar refractivity (Wildman–Crippen MR) is 66.0 cm³/mol. The van der Waals surface area contributed by atoms with E-state index in [0.29, 0.717) is 15.2 Å². The molecular weight excluding hydrogens is 343 g/mol. The van der Waals surface area contributed by atoms with Crippen LogP contribution in [0.15, 0.2) is 12.1 Å². The first-order chi connectivity index (χ1) is 6.11. The Morgan fingerprint density at radius 2 is 1.77 bits per heavy atom. The van der Waals surface area contributed by atoms with Crippen molar-refractivity contribution in [3.8, 4) is 0 Å². The molecular formula is C8H3Cl3IN. The van der Waals surface area contributed by atoms with Gasteiger partial charge in [-0.1, -0.05) is 40.9 Å². The highest BCUT2D eigenvalue weighted by Crippen LogP contribution is 2.36. The molecule has 5 heteroatoms. The van der Waals surface area contributed by atoms with Gasteiger partial charge in [0.15, 0.2) is 0 Å². The van der Waals surface area contributed by atoms with Crippen LogP contribution in [0.1, 0.15) is 0 Å². The Labute approximate surface area is 103 Å². The van der Waals surface area contributed by atoms with Crippen molar-refractivity contribution >= 4 is 68.3 Å². The first kappa shape index (κ1) is 9.90. The molecule has 0 radical (unpaired) electrons. The van der Waals surface area contributed by atoms with E-state index >= 15 is 0 Å². The van der Waals surface area contributed by atoms with E-state index < -0.39 is 0 Å². The van der Waals surface area contributed by atoms with Gasteiger partial charge in [0.1, 0.15) is 5.15 Å². The predicted octanol–water partition coefficient (Wildman–Crippen LogP) is 4.73. The van der Waals surface area contributed by atoms with E-state index in [1.165, 1.54) is 0 Å². The molecule has 1 heterocycles. The van der Waals surface area contributed by atoms with Gasteiger partial charge in [0.05, 0.1) is 15.6 Å². The van der Waals surface area contributed by atoms with Crippen LogP contribution in [0.4, 0.5) is 0 Å². The summed E-state index contributed by atoms with van der Waals surface area (Å²) >= 11 is 20.0. The minimum absolute atomic E-state index is 0.431. The van der Waals surface area contributed by atoms with Crippen LogP contribution >= 0.6 is 57.4 Å². The van der Waals surface area contributed by atoms with E-state index in [1.54, 1.807) is 0 Å². The van der Waals surface area contributed by atoms with Crippen LogP contribution in [0, 0.1) is 3.57 Å². The van der Waals surface area contributed by atoms with Crippen molar-refractivity contribution in [2.75, 3.05) is 0 Å². The number of hydrogen-bond acceptors (Lipinski definition) is 0. The molecule has 1 aromatic carbocycles. The number of fused-ring (bicyclic) bond motifs is 1. The van der Waals surface area contributed by atoms with Crippen molar-refractivity contribution in [1.82, 2.24) is 4.98 Å². The fourth-order valence-electron chi connectivity index (χ4n) is 1.14. The van der Waals surface area contributed by atoms with Crippen molar-refractivity contribution in [2.45, 2.75) is 0 Å². The number of nitrogens with one attached hydrogen (secondary N) is 1. The molecule has 68 valence electrons. The molecule has 1 N–H and O–H groups in total. The average molecular weight is 346 g/mol. The van der Waals surface area contributed by atoms with Crippen LogP contribution in [0.2, 0.25) is 15.2 Å². The van der Waals surface area contributed by atoms with Crippen LogP contribution in [0.25, 0.3) is 10.9 Å². The number of H-pyrrole nitrogens is 1. The van der Waals surface area contributed by atoms with Crippen LogP contribution in [0.5, 0.6) is 0 Å². The van der Waals surface area contributed by atoms with Gasteiger partial charge in [0.2, 0.25) is 0 Å². The lowest BCUT2D eigenvalue weighted by Gasteiger charge is -1.96. The van der Waals surface area contributed by atoms with Crippen molar-refractivity contribution in [1.29, 1.82) is 0 Å². The van der Waals surface area contributed by atoms with Gasteiger partial charge in [0.25, 0.3) is 0 Å². The fraction of sp³-hybridized carbons (Fsp3) is 0. The molecule has 0 fully saturated rings. The molecule has 0 amide bonds. The SMILES string of the molecule is Clc1[nH]c2c(Cl)c(I)ccc2c1Cl. The van der Waals surface area contributed by atoms with E-state index in [9.17, 15) is 0 Å². The highest BCUT2D eigenvalue weighted by molar-refractivity contribution is 14.1. The summed E-state index contributed by atoms with van der Waals surface area (Å²) in [5, 5.41) is 2.47. The number of hydrogen-bond donors (Lipinski definition) is 1. The number of benzene rings is 1. The highest BCUT2D eigenvalue weighted by Gasteiger charge is 2.11. The standard InChI is InChI=1S/C8H3Cl3IN/c9-5-3-1-2-4(12)6(10)7(3)13-8(5)11/h1-2,13H. The summed E-state index contributed by atoms with van der Waals surface area (Å²) in [6.07, 6.45) is 0. The molecule has 2 rings (SSSR count). The maximum atomic E-state index is 6.06. The summed E-state index contributed by atoms with van der Waals surface area (Å²) in [5.41, 5.74) is 0.795. The molecule has 13 heavy (non-hydrogen) atoms. The van der Waals surface area contributed by atoms with Gasteiger partial charge in [-0.2, -0.15) is 0 Å². The zero-order valence-electron chi connectivity index (χ0n) is 6.17. The number of aromatic amines is 1. The van der Waals surface area contributed by atoms with Gasteiger partial charge in [-0.25, -0.2) is 0 Å². The highest BCUT2D eigenvalue weighted by atomic mass is 127. The molecule has 0 spiro atoms. The van der Waals surface area contributed by atoms with Gasteiger partial charge < -0.3 is 4.98 Å². The summed E-state index contributed by atoms with van der Waals surface area (Å²) in [6, 6.07) is 3.80. The van der Waals surface area contributed by atoms with Gasteiger partial charge in [-0.15, -0.1) is 0 Å². The zero-order chi connectivity index (χ0) is 9.59. The second kappa shape index (κ2) is 3.50. The van der Waals surface area contributed by atoms with Crippen LogP contribution < -0.4 is 0 Å². The molecule has 0 saturated carbocycles. The topological polar surface area (TPSA) is 15.8 Å². The monoisotopic (exact) mass is 345 g/mol. The van der Waals surface area contributed by atoms with E-state index in [4.69, 9.17) is 34.8 Å². The van der Waals surface area contributed by atoms with Gasteiger partial charge in [0, 0.05) is 8.96 Å².